The van der Waals surface area contributed by atoms with Crippen LogP contribution in [0.3, 0.4) is 0 Å². The van der Waals surface area contributed by atoms with Gasteiger partial charge in [-0.3, -0.25) is 4.55 Å². The van der Waals surface area contributed by atoms with E-state index in [1.807, 2.05) is 13.8 Å². The molecule has 0 radical (unpaired) electrons. The van der Waals surface area contributed by atoms with Crippen molar-refractivity contribution >= 4 is 10.1 Å². The van der Waals surface area contributed by atoms with Crippen LogP contribution in [0.5, 0.6) is 0 Å². The molecule has 2 aliphatic carbocycles. The third-order valence-corrected chi connectivity index (χ3v) is 9.98. The Morgan fingerprint density at radius 1 is 0.974 bits per heavy atom. The zero-order valence-corrected chi connectivity index (χ0v) is 26.6. The van der Waals surface area contributed by atoms with Gasteiger partial charge >= 0.3 is 0 Å². The lowest BCUT2D eigenvalue weighted by Gasteiger charge is -2.45. The lowest BCUT2D eigenvalue weighted by Crippen LogP contribution is -2.43. The summed E-state index contributed by atoms with van der Waals surface area (Å²) in [6.45, 7) is 18.8. The molecule has 1 fully saturated rings. The summed E-state index contributed by atoms with van der Waals surface area (Å²) in [5, 5.41) is 20.3. The molecule has 0 aromatic heterocycles. The maximum atomic E-state index is 10.5. The second-order valence-electron chi connectivity index (χ2n) is 12.7. The summed E-state index contributed by atoms with van der Waals surface area (Å²) < 4.78 is 32.1. The molecule has 3 aliphatic rings. The van der Waals surface area contributed by atoms with E-state index in [0.717, 1.165) is 32.3 Å². The molecular weight excluding hydrogens is 500 g/mol. The van der Waals surface area contributed by atoms with Crippen LogP contribution in [0.25, 0.3) is 0 Å². The minimum absolute atomic E-state index is 0.125. The number of hydrogen-bond donors (Lipinski definition) is 3. The Morgan fingerprint density at radius 3 is 1.82 bits per heavy atom. The van der Waals surface area contributed by atoms with Gasteiger partial charge < -0.3 is 14.9 Å². The molecule has 3 N–H and O–H groups in total. The maximum Gasteiger partial charge on any atom is 0.261 e. The van der Waals surface area contributed by atoms with Crippen molar-refractivity contribution in [1.29, 1.82) is 0 Å². The molecule has 0 amide bonds. The lowest BCUT2D eigenvalue weighted by atomic mass is 9.63. The van der Waals surface area contributed by atoms with E-state index in [1.54, 1.807) is 5.57 Å². The summed E-state index contributed by atoms with van der Waals surface area (Å²) in [7, 11) is -3.67. The summed E-state index contributed by atoms with van der Waals surface area (Å²) in [6, 6.07) is 0. The number of allylic oxidation sites excluding steroid dienone is 4. The fourth-order valence-electron chi connectivity index (χ4n) is 6.60. The summed E-state index contributed by atoms with van der Waals surface area (Å²) in [6.07, 6.45) is 16.0. The first kappa shape index (κ1) is 35.3. The van der Waals surface area contributed by atoms with Crippen molar-refractivity contribution in [3.05, 3.63) is 23.3 Å². The van der Waals surface area contributed by atoms with E-state index in [0.29, 0.717) is 29.9 Å². The Labute approximate surface area is 234 Å². The molecule has 7 heteroatoms. The molecule has 1 aliphatic heterocycles. The minimum Gasteiger partial charge on any atom is -0.396 e. The van der Waals surface area contributed by atoms with E-state index in [-0.39, 0.29) is 17.6 Å². The summed E-state index contributed by atoms with van der Waals surface area (Å²) in [5.41, 5.74) is 2.89. The molecule has 0 saturated carbocycles. The van der Waals surface area contributed by atoms with Crippen molar-refractivity contribution in [3.63, 3.8) is 0 Å². The van der Waals surface area contributed by atoms with Crippen molar-refractivity contribution in [1.82, 2.24) is 0 Å². The Kier molecular flexibility index (Phi) is 13.2. The average Bonchev–Trinajstić information content (AvgIpc) is 3.24. The van der Waals surface area contributed by atoms with Gasteiger partial charge in [-0.1, -0.05) is 64.8 Å². The smallest absolute Gasteiger partial charge is 0.261 e. The highest BCUT2D eigenvalue weighted by molar-refractivity contribution is 7.85. The van der Waals surface area contributed by atoms with Crippen LogP contribution in [0.2, 0.25) is 0 Å². The normalized spacial score (nSPS) is 30.9. The highest BCUT2D eigenvalue weighted by Crippen LogP contribution is 2.53. The van der Waals surface area contributed by atoms with Gasteiger partial charge in [-0.15, -0.1) is 0 Å². The Hall–Kier alpha value is -0.730. The van der Waals surface area contributed by atoms with Crippen molar-refractivity contribution in [2.45, 2.75) is 131 Å². The molecule has 4 atom stereocenters. The van der Waals surface area contributed by atoms with E-state index in [1.165, 1.54) is 37.7 Å². The molecule has 3 rings (SSSR count). The molecule has 1 spiro atoms. The Balaban J connectivity index is 0.000000324. The molecule has 1 heterocycles. The highest BCUT2D eigenvalue weighted by atomic mass is 32.2. The van der Waals surface area contributed by atoms with Gasteiger partial charge in [-0.2, -0.15) is 8.42 Å². The number of hydrogen-bond acceptors (Lipinski definition) is 5. The predicted octanol–water partition coefficient (Wildman–Crippen LogP) is 7.11. The zero-order valence-electron chi connectivity index (χ0n) is 25.8. The second-order valence-corrected chi connectivity index (χ2v) is 14.1. The first-order chi connectivity index (χ1) is 17.5. The van der Waals surface area contributed by atoms with Crippen molar-refractivity contribution in [3.8, 4) is 0 Å². The molecule has 0 aromatic rings. The lowest BCUT2D eigenvalue weighted by molar-refractivity contribution is -0.0543. The van der Waals surface area contributed by atoms with Crippen LogP contribution >= 0.6 is 0 Å². The number of aliphatic hydroxyl groups excluding tert-OH is 1. The number of aliphatic hydroxyl groups is 2. The number of ether oxygens (including phenoxy) is 1. The van der Waals surface area contributed by atoms with Gasteiger partial charge in [0.15, 0.2) is 0 Å². The van der Waals surface area contributed by atoms with E-state index in [4.69, 9.17) is 9.29 Å². The first-order valence-corrected chi connectivity index (χ1v) is 16.6. The first-order valence-electron chi connectivity index (χ1n) is 14.7. The molecule has 0 bridgehead atoms. The van der Waals surface area contributed by atoms with Crippen LogP contribution in [0.15, 0.2) is 23.3 Å². The van der Waals surface area contributed by atoms with E-state index >= 15 is 0 Å². The van der Waals surface area contributed by atoms with Crippen LogP contribution in [0.1, 0.15) is 120 Å². The van der Waals surface area contributed by atoms with Gasteiger partial charge in [0.2, 0.25) is 0 Å². The molecule has 0 aromatic carbocycles. The van der Waals surface area contributed by atoms with Crippen molar-refractivity contribution in [2.24, 2.45) is 22.7 Å². The van der Waals surface area contributed by atoms with Crippen LogP contribution in [-0.2, 0) is 14.9 Å². The largest absolute Gasteiger partial charge is 0.396 e. The van der Waals surface area contributed by atoms with Crippen LogP contribution in [0.4, 0.5) is 0 Å². The van der Waals surface area contributed by atoms with Gasteiger partial charge in [-0.05, 0) is 89.9 Å². The molecule has 1 saturated heterocycles. The Morgan fingerprint density at radius 2 is 1.45 bits per heavy atom. The standard InChI is InChI=1S/C15H28O2.C15H26O.CH4O3S/c1-5-15(17,6-2)10-14(11-16)8-7-12(3)9-13(14)4;1-5-15(6-2)10-14(11-16-15)8-7-12(3)9-13(14)4;1-5(2,3)4/h9,13,16-17H,5-8,10-11H2,1-4H3;9,13H,5-8,10-11H2,1-4H3;1H3,(H,2,3,4). The fourth-order valence-corrected chi connectivity index (χ4v) is 6.60. The van der Waals surface area contributed by atoms with Gasteiger partial charge in [0.1, 0.15) is 0 Å². The van der Waals surface area contributed by atoms with Crippen LogP contribution in [-0.4, -0.2) is 53.9 Å². The van der Waals surface area contributed by atoms with Crippen LogP contribution < -0.4 is 0 Å². The minimum atomic E-state index is -3.67. The molecule has 6 nitrogen and oxygen atoms in total. The van der Waals surface area contributed by atoms with Crippen molar-refractivity contribution in [2.75, 3.05) is 19.5 Å². The summed E-state index contributed by atoms with van der Waals surface area (Å²) >= 11 is 0. The third kappa shape index (κ3) is 9.72. The third-order valence-electron chi connectivity index (χ3n) is 9.98. The highest BCUT2D eigenvalue weighted by Gasteiger charge is 2.50. The molecular formula is C31H58O6S. The van der Waals surface area contributed by atoms with Gasteiger partial charge in [-0.25, -0.2) is 0 Å². The predicted molar refractivity (Wildman–Crippen MR) is 158 cm³/mol. The zero-order chi connectivity index (χ0) is 29.4. The molecule has 38 heavy (non-hydrogen) atoms. The maximum absolute atomic E-state index is 10.5. The van der Waals surface area contributed by atoms with Gasteiger partial charge in [0.25, 0.3) is 10.1 Å². The molecule has 224 valence electrons. The van der Waals surface area contributed by atoms with Crippen LogP contribution in [0, 0.1) is 22.7 Å². The molecule has 4 unspecified atom stereocenters. The quantitative estimate of drug-likeness (QED) is 0.227. The van der Waals surface area contributed by atoms with E-state index in [2.05, 4.69) is 53.7 Å². The number of rotatable bonds is 7. The fraction of sp³-hybridized carbons (Fsp3) is 0.871. The van der Waals surface area contributed by atoms with Crippen molar-refractivity contribution < 1.29 is 27.9 Å². The average molecular weight is 559 g/mol. The monoisotopic (exact) mass is 558 g/mol. The van der Waals surface area contributed by atoms with E-state index < -0.39 is 15.7 Å². The van der Waals surface area contributed by atoms with Gasteiger partial charge in [0.05, 0.1) is 24.1 Å². The SMILES string of the molecule is CCC(O)(CC)CC1(CO)CCC(C)=CC1C.CCC1(CC)CC2(CCC(C)=CC2C)CO1.CS(=O)(=O)O. The van der Waals surface area contributed by atoms with E-state index in [9.17, 15) is 18.6 Å². The van der Waals surface area contributed by atoms with Gasteiger partial charge in [0, 0.05) is 17.4 Å². The topological polar surface area (TPSA) is 104 Å². The summed E-state index contributed by atoms with van der Waals surface area (Å²) in [4.78, 5) is 0. The summed E-state index contributed by atoms with van der Waals surface area (Å²) in [5.74, 6) is 1.05. The second kappa shape index (κ2) is 14.2. The Bertz CT molecular complexity index is 891.